The minimum Gasteiger partial charge on any atom is -0.404 e. The zero-order valence-corrected chi connectivity index (χ0v) is 22.4. The van der Waals surface area contributed by atoms with E-state index in [9.17, 15) is 0 Å². The minimum absolute atomic E-state index is 0.842. The van der Waals surface area contributed by atoms with Gasteiger partial charge in [0.1, 0.15) is 0 Å². The van der Waals surface area contributed by atoms with Crippen LogP contribution in [0.3, 0.4) is 0 Å². The third kappa shape index (κ3) is 10.5. The van der Waals surface area contributed by atoms with Crippen LogP contribution in [0.5, 0.6) is 0 Å². The van der Waals surface area contributed by atoms with Crippen molar-refractivity contribution in [1.29, 1.82) is 0 Å². The highest BCUT2D eigenvalue weighted by atomic mass is 14.9. The van der Waals surface area contributed by atoms with Gasteiger partial charge in [-0.15, -0.1) is 0 Å². The molecule has 0 atom stereocenters. The molecule has 0 aliphatic carbocycles. The summed E-state index contributed by atoms with van der Waals surface area (Å²) in [5.41, 5.74) is 14.1. The largest absolute Gasteiger partial charge is 0.404 e. The van der Waals surface area contributed by atoms with Crippen molar-refractivity contribution in [3.05, 3.63) is 156 Å². The van der Waals surface area contributed by atoms with Crippen LogP contribution in [0.2, 0.25) is 0 Å². The fraction of sp³-hybridized carbons (Fsp3) is 0.176. The predicted molar refractivity (Wildman–Crippen MR) is 163 cm³/mol. The Morgan fingerprint density at radius 3 is 2.36 bits per heavy atom. The van der Waals surface area contributed by atoms with E-state index in [0.717, 1.165) is 52.1 Å². The number of hydrogen-bond donors (Lipinski definition) is 2. The van der Waals surface area contributed by atoms with Crippen LogP contribution in [0.25, 0.3) is 11.8 Å². The molecule has 0 aliphatic heterocycles. The van der Waals surface area contributed by atoms with E-state index in [1.54, 1.807) is 12.3 Å². The molecule has 0 bridgehead atoms. The van der Waals surface area contributed by atoms with Gasteiger partial charge in [-0.2, -0.15) is 0 Å². The maximum Gasteiger partial charge on any atom is 0.0413 e. The predicted octanol–water partition coefficient (Wildman–Crippen LogP) is 8.68. The third-order valence-electron chi connectivity index (χ3n) is 5.42. The number of rotatable bonds is 14. The summed E-state index contributed by atoms with van der Waals surface area (Å²) < 4.78 is 0. The standard InChI is InChI=1S/C34H42N2/c1-8-12-13-14-15-16-18-33(26-35)30(10-3)22-19-27(5)28(6)20-23-31-25-32(24-21-29(31)7)34(17-9-2)36-11-4/h8-10,12-14,16-26,36H,2,5-6,11,15,35H2,1,3-4,7H3/b12-8-,14-13-,18-16-,22-19-,23-20-,30-10+,33-26+,34-17-. The number of benzene rings is 1. The van der Waals surface area contributed by atoms with Crippen LogP contribution in [0.4, 0.5) is 0 Å². The lowest BCUT2D eigenvalue weighted by Crippen LogP contribution is -2.11. The fourth-order valence-corrected chi connectivity index (χ4v) is 3.30. The first-order chi connectivity index (χ1) is 17.4. The van der Waals surface area contributed by atoms with Gasteiger partial charge in [0.2, 0.25) is 0 Å². The summed E-state index contributed by atoms with van der Waals surface area (Å²) in [6.45, 7) is 21.3. The molecule has 1 rings (SSSR count). The highest BCUT2D eigenvalue weighted by Crippen LogP contribution is 2.21. The second-order valence-corrected chi connectivity index (χ2v) is 8.09. The molecule has 0 saturated heterocycles. The average Bonchev–Trinajstić information content (AvgIpc) is 2.88. The molecule has 0 unspecified atom stereocenters. The van der Waals surface area contributed by atoms with Gasteiger partial charge in [-0.25, -0.2) is 0 Å². The Kier molecular flexibility index (Phi) is 14.5. The van der Waals surface area contributed by atoms with E-state index in [1.807, 2.05) is 68.5 Å². The van der Waals surface area contributed by atoms with Gasteiger partial charge < -0.3 is 11.1 Å². The molecule has 0 heterocycles. The number of nitrogens with one attached hydrogen (secondary N) is 1. The minimum atomic E-state index is 0.842. The zero-order valence-electron chi connectivity index (χ0n) is 22.4. The summed E-state index contributed by atoms with van der Waals surface area (Å²) in [5, 5.41) is 3.40. The van der Waals surface area contributed by atoms with E-state index in [1.165, 1.54) is 5.56 Å². The molecule has 0 aliphatic rings. The second-order valence-electron chi connectivity index (χ2n) is 8.09. The Morgan fingerprint density at radius 2 is 1.72 bits per heavy atom. The lowest BCUT2D eigenvalue weighted by atomic mass is 9.99. The maximum atomic E-state index is 5.89. The molecule has 1 aromatic rings. The molecule has 0 fully saturated rings. The Hall–Kier alpha value is -4.04. The molecule has 0 aromatic heterocycles. The summed E-state index contributed by atoms with van der Waals surface area (Å²) in [7, 11) is 0. The van der Waals surface area contributed by atoms with Crippen LogP contribution in [0, 0.1) is 6.92 Å². The molecule has 1 aromatic carbocycles. The molecule has 0 radical (unpaired) electrons. The quantitative estimate of drug-likeness (QED) is 0.262. The molecule has 2 heteroatoms. The lowest BCUT2D eigenvalue weighted by Gasteiger charge is -2.11. The first kappa shape index (κ1) is 30.0. The van der Waals surface area contributed by atoms with Crippen LogP contribution in [0.1, 0.15) is 43.9 Å². The van der Waals surface area contributed by atoms with Crippen LogP contribution < -0.4 is 11.1 Å². The molecular formula is C34H42N2. The monoisotopic (exact) mass is 478 g/mol. The molecule has 0 saturated carbocycles. The number of nitrogens with two attached hydrogens (primary N) is 1. The highest BCUT2D eigenvalue weighted by Gasteiger charge is 2.03. The van der Waals surface area contributed by atoms with Crippen molar-refractivity contribution < 1.29 is 0 Å². The van der Waals surface area contributed by atoms with Crippen molar-refractivity contribution >= 4 is 11.8 Å². The normalized spacial score (nSPS) is 13.6. The lowest BCUT2D eigenvalue weighted by molar-refractivity contribution is 0.939. The Labute approximate surface area is 219 Å². The van der Waals surface area contributed by atoms with E-state index in [0.29, 0.717) is 0 Å². The van der Waals surface area contributed by atoms with E-state index in [-0.39, 0.29) is 0 Å². The Bertz CT molecular complexity index is 1140. The maximum absolute atomic E-state index is 5.89. The van der Waals surface area contributed by atoms with E-state index >= 15 is 0 Å². The molecule has 0 spiro atoms. The van der Waals surface area contributed by atoms with Gasteiger partial charge in [-0.05, 0) is 85.2 Å². The summed E-state index contributed by atoms with van der Waals surface area (Å²) in [5.74, 6) is 0. The van der Waals surface area contributed by atoms with Crippen LogP contribution in [-0.2, 0) is 0 Å². The van der Waals surface area contributed by atoms with E-state index in [4.69, 9.17) is 5.73 Å². The summed E-state index contributed by atoms with van der Waals surface area (Å²) in [6.07, 6.45) is 28.7. The summed E-state index contributed by atoms with van der Waals surface area (Å²) >= 11 is 0. The number of hydrogen-bond acceptors (Lipinski definition) is 2. The highest BCUT2D eigenvalue weighted by molar-refractivity contribution is 5.70. The summed E-state index contributed by atoms with van der Waals surface area (Å²) in [6, 6.07) is 6.42. The SMILES string of the molecule is C=C/C=C(\NCC)c1ccc(C)c(/C=C\C(=C)C(=C)\C=C/C(=C\C)C(/C=C\C/C=C\C=C/C)=C/N)c1. The van der Waals surface area contributed by atoms with Gasteiger partial charge in [-0.3, -0.25) is 0 Å². The van der Waals surface area contributed by atoms with Crippen molar-refractivity contribution in [3.63, 3.8) is 0 Å². The molecule has 188 valence electrons. The molecule has 36 heavy (non-hydrogen) atoms. The first-order valence-corrected chi connectivity index (χ1v) is 12.4. The number of allylic oxidation sites excluding steroid dienone is 16. The van der Waals surface area contributed by atoms with Crippen molar-refractivity contribution in [3.8, 4) is 0 Å². The fourth-order valence-electron chi connectivity index (χ4n) is 3.30. The zero-order chi connectivity index (χ0) is 26.8. The summed E-state index contributed by atoms with van der Waals surface area (Å²) in [4.78, 5) is 0. The van der Waals surface area contributed by atoms with Crippen molar-refractivity contribution in [2.75, 3.05) is 6.54 Å². The van der Waals surface area contributed by atoms with Gasteiger partial charge in [0.05, 0.1) is 0 Å². The van der Waals surface area contributed by atoms with Crippen LogP contribution in [-0.4, -0.2) is 6.54 Å². The smallest absolute Gasteiger partial charge is 0.0413 e. The van der Waals surface area contributed by atoms with Gasteiger partial charge in [0, 0.05) is 18.4 Å². The van der Waals surface area contributed by atoms with Gasteiger partial charge >= 0.3 is 0 Å². The van der Waals surface area contributed by atoms with Crippen molar-refractivity contribution in [2.24, 2.45) is 5.73 Å². The Morgan fingerprint density at radius 1 is 0.972 bits per heavy atom. The van der Waals surface area contributed by atoms with Gasteiger partial charge in [0.15, 0.2) is 0 Å². The topological polar surface area (TPSA) is 38.0 Å². The van der Waals surface area contributed by atoms with Gasteiger partial charge in [-0.1, -0.05) is 105 Å². The van der Waals surface area contributed by atoms with Crippen molar-refractivity contribution in [2.45, 2.75) is 34.1 Å². The molecule has 0 amide bonds. The van der Waals surface area contributed by atoms with E-state index in [2.05, 4.69) is 75.3 Å². The third-order valence-corrected chi connectivity index (χ3v) is 5.42. The Balaban J connectivity index is 2.96. The second kappa shape index (κ2) is 17.4. The number of aryl methyl sites for hydroxylation is 1. The van der Waals surface area contributed by atoms with Gasteiger partial charge in [0.25, 0.3) is 0 Å². The van der Waals surface area contributed by atoms with Crippen LogP contribution in [0.15, 0.2) is 139 Å². The van der Waals surface area contributed by atoms with Crippen LogP contribution >= 0.6 is 0 Å². The molecular weight excluding hydrogens is 436 g/mol. The average molecular weight is 479 g/mol. The molecule has 3 N–H and O–H groups in total. The first-order valence-electron chi connectivity index (χ1n) is 12.4. The molecule has 2 nitrogen and oxygen atoms in total. The van der Waals surface area contributed by atoms with Crippen molar-refractivity contribution in [1.82, 2.24) is 5.32 Å². The van der Waals surface area contributed by atoms with E-state index < -0.39 is 0 Å².